The van der Waals surface area contributed by atoms with Crippen LogP contribution in [0.5, 0.6) is 5.75 Å². The van der Waals surface area contributed by atoms with Crippen LogP contribution in [-0.2, 0) is 16.6 Å². The molecule has 0 aromatic heterocycles. The number of ether oxygens (including phenoxy) is 1. The van der Waals surface area contributed by atoms with Crippen LogP contribution in [0, 0.1) is 0 Å². The van der Waals surface area contributed by atoms with Gasteiger partial charge in [-0.25, -0.2) is 0 Å². The lowest BCUT2D eigenvalue weighted by Gasteiger charge is -2.19. The Labute approximate surface area is 161 Å². The summed E-state index contributed by atoms with van der Waals surface area (Å²) >= 11 is 0. The van der Waals surface area contributed by atoms with Crippen LogP contribution in [-0.4, -0.2) is 12.5 Å². The highest BCUT2D eigenvalue weighted by Gasteiger charge is 2.14. The van der Waals surface area contributed by atoms with Crippen molar-refractivity contribution in [3.8, 4) is 5.75 Å². The zero-order valence-corrected chi connectivity index (χ0v) is 16.3. The number of hydrazine groups is 1. The summed E-state index contributed by atoms with van der Waals surface area (Å²) < 4.78 is 5.60. The molecule has 1 aliphatic rings. The van der Waals surface area contributed by atoms with Crippen molar-refractivity contribution in [3.63, 3.8) is 0 Å². The number of nitrogens with one attached hydrogen (secondary N) is 2. The van der Waals surface area contributed by atoms with Gasteiger partial charge in [-0.2, -0.15) is 0 Å². The van der Waals surface area contributed by atoms with Crippen LogP contribution in [0.4, 0.5) is 0 Å². The van der Waals surface area contributed by atoms with Crippen molar-refractivity contribution in [2.45, 2.75) is 45.4 Å². The number of hydrogen-bond donors (Lipinski definition) is 2. The first kappa shape index (κ1) is 19.0. The number of aryl methyl sites for hydroxylation is 1. The van der Waals surface area contributed by atoms with Crippen molar-refractivity contribution in [2.75, 3.05) is 6.61 Å². The second-order valence-electron chi connectivity index (χ2n) is 7.90. The van der Waals surface area contributed by atoms with Gasteiger partial charge < -0.3 is 4.74 Å². The fraction of sp³-hybridized carbons (Fsp3) is 0.348. The lowest BCUT2D eigenvalue weighted by Crippen LogP contribution is -2.39. The van der Waals surface area contributed by atoms with E-state index in [0.29, 0.717) is 5.75 Å². The van der Waals surface area contributed by atoms with Crippen LogP contribution in [0.1, 0.15) is 50.3 Å². The fourth-order valence-corrected chi connectivity index (χ4v) is 3.14. The van der Waals surface area contributed by atoms with Gasteiger partial charge in [0.2, 0.25) is 0 Å². The Balaban J connectivity index is 1.52. The van der Waals surface area contributed by atoms with Crippen LogP contribution in [0.3, 0.4) is 0 Å². The van der Waals surface area contributed by atoms with E-state index in [-0.39, 0.29) is 17.9 Å². The summed E-state index contributed by atoms with van der Waals surface area (Å²) in [6, 6.07) is 16.2. The maximum Gasteiger partial charge on any atom is 0.276 e. The number of amides is 1. The predicted molar refractivity (Wildman–Crippen MR) is 109 cm³/mol. The first-order chi connectivity index (χ1) is 12.9. The average molecular weight is 364 g/mol. The molecule has 3 rings (SSSR count). The summed E-state index contributed by atoms with van der Waals surface area (Å²) in [5.74, 6) is 0.481. The van der Waals surface area contributed by atoms with Crippen LogP contribution in [0.25, 0.3) is 5.70 Å². The summed E-state index contributed by atoms with van der Waals surface area (Å²) in [6.07, 6.45) is 5.30. The molecule has 142 valence electrons. The number of carbonyl (C=O) groups excluding carboxylic acids is 1. The zero-order valence-electron chi connectivity index (χ0n) is 16.3. The van der Waals surface area contributed by atoms with E-state index in [9.17, 15) is 4.79 Å². The SMILES string of the molecule is CC(C)(C)c1ccc(OCC(=O)NNC2=CCCCc3ccccc32)cc1. The molecule has 0 bridgehead atoms. The fourth-order valence-electron chi connectivity index (χ4n) is 3.14. The molecule has 0 unspecified atom stereocenters. The molecule has 0 fully saturated rings. The quantitative estimate of drug-likeness (QED) is 0.775. The standard InChI is InChI=1S/C23H28N2O2/c1-23(2,3)18-12-14-19(15-13-18)27-16-22(26)25-24-21-11-7-5-9-17-8-4-6-10-20(17)21/h4,6,8,10-15,24H,5,7,9,16H2,1-3H3,(H,25,26). The molecule has 1 amide bonds. The number of carbonyl (C=O) groups is 1. The van der Waals surface area contributed by atoms with Crippen LogP contribution < -0.4 is 15.6 Å². The summed E-state index contributed by atoms with van der Waals surface area (Å²) in [5, 5.41) is 0. The highest BCUT2D eigenvalue weighted by molar-refractivity contribution is 5.79. The highest BCUT2D eigenvalue weighted by atomic mass is 16.5. The molecule has 27 heavy (non-hydrogen) atoms. The minimum Gasteiger partial charge on any atom is -0.484 e. The van der Waals surface area contributed by atoms with E-state index in [0.717, 1.165) is 30.5 Å². The van der Waals surface area contributed by atoms with Crippen molar-refractivity contribution in [3.05, 3.63) is 71.3 Å². The molecule has 2 aromatic rings. The van der Waals surface area contributed by atoms with Crippen molar-refractivity contribution in [2.24, 2.45) is 0 Å². The molecule has 0 atom stereocenters. The molecule has 0 spiro atoms. The Morgan fingerprint density at radius 3 is 2.56 bits per heavy atom. The van der Waals surface area contributed by atoms with Gasteiger partial charge in [-0.05, 0) is 47.9 Å². The first-order valence-electron chi connectivity index (χ1n) is 9.50. The van der Waals surface area contributed by atoms with Crippen molar-refractivity contribution in [1.29, 1.82) is 0 Å². The molecule has 4 heteroatoms. The van der Waals surface area contributed by atoms with Gasteiger partial charge >= 0.3 is 0 Å². The molecule has 2 N–H and O–H groups in total. The molecule has 0 saturated carbocycles. The minimum atomic E-state index is -0.211. The third-order valence-electron chi connectivity index (χ3n) is 4.73. The third kappa shape index (κ3) is 5.13. The molecule has 0 heterocycles. The van der Waals surface area contributed by atoms with E-state index in [1.165, 1.54) is 11.1 Å². The van der Waals surface area contributed by atoms with E-state index in [4.69, 9.17) is 4.74 Å². The topological polar surface area (TPSA) is 50.4 Å². The molecule has 4 nitrogen and oxygen atoms in total. The van der Waals surface area contributed by atoms with E-state index in [2.05, 4.69) is 55.9 Å². The maximum atomic E-state index is 12.2. The Kier molecular flexibility index (Phi) is 5.84. The molecule has 1 aliphatic carbocycles. The van der Waals surface area contributed by atoms with Crippen molar-refractivity contribution in [1.82, 2.24) is 10.9 Å². The van der Waals surface area contributed by atoms with Gasteiger partial charge in [-0.3, -0.25) is 15.6 Å². The van der Waals surface area contributed by atoms with Gasteiger partial charge in [0.1, 0.15) is 5.75 Å². The van der Waals surface area contributed by atoms with Crippen LogP contribution in [0.15, 0.2) is 54.6 Å². The second kappa shape index (κ2) is 8.30. The minimum absolute atomic E-state index is 0.0310. The van der Waals surface area contributed by atoms with Crippen molar-refractivity contribution < 1.29 is 9.53 Å². The summed E-state index contributed by atoms with van der Waals surface area (Å²) in [4.78, 5) is 12.2. The Hall–Kier alpha value is -2.75. The lowest BCUT2D eigenvalue weighted by molar-refractivity contribution is -0.123. The lowest BCUT2D eigenvalue weighted by atomic mass is 9.87. The summed E-state index contributed by atoms with van der Waals surface area (Å²) in [7, 11) is 0. The van der Waals surface area contributed by atoms with E-state index >= 15 is 0 Å². The van der Waals surface area contributed by atoms with Gasteiger partial charge in [-0.1, -0.05) is 63.2 Å². The van der Waals surface area contributed by atoms with Gasteiger partial charge in [-0.15, -0.1) is 0 Å². The summed E-state index contributed by atoms with van der Waals surface area (Å²) in [5.41, 5.74) is 10.5. The normalized spacial score (nSPS) is 13.8. The number of hydrogen-bond acceptors (Lipinski definition) is 3. The van der Waals surface area contributed by atoms with E-state index in [1.807, 2.05) is 30.3 Å². The smallest absolute Gasteiger partial charge is 0.276 e. The molecular formula is C23H28N2O2. The molecular weight excluding hydrogens is 336 g/mol. The van der Waals surface area contributed by atoms with Gasteiger partial charge in [0, 0.05) is 5.56 Å². The van der Waals surface area contributed by atoms with Gasteiger partial charge in [0.25, 0.3) is 5.91 Å². The third-order valence-corrected chi connectivity index (χ3v) is 4.73. The molecule has 0 radical (unpaired) electrons. The summed E-state index contributed by atoms with van der Waals surface area (Å²) in [6.45, 7) is 6.48. The Morgan fingerprint density at radius 2 is 1.81 bits per heavy atom. The number of rotatable bonds is 5. The second-order valence-corrected chi connectivity index (χ2v) is 7.90. The van der Waals surface area contributed by atoms with Gasteiger partial charge in [0.15, 0.2) is 6.61 Å². The number of benzene rings is 2. The molecule has 0 aliphatic heterocycles. The largest absolute Gasteiger partial charge is 0.484 e. The van der Waals surface area contributed by atoms with E-state index < -0.39 is 0 Å². The van der Waals surface area contributed by atoms with Crippen molar-refractivity contribution >= 4 is 11.6 Å². The Bertz CT molecular complexity index is 817. The van der Waals surface area contributed by atoms with Crippen LogP contribution >= 0.6 is 0 Å². The van der Waals surface area contributed by atoms with Gasteiger partial charge in [0.05, 0.1) is 5.70 Å². The Morgan fingerprint density at radius 1 is 1.07 bits per heavy atom. The molecule has 0 saturated heterocycles. The van der Waals surface area contributed by atoms with Crippen LogP contribution in [0.2, 0.25) is 0 Å². The highest BCUT2D eigenvalue weighted by Crippen LogP contribution is 2.24. The predicted octanol–water partition coefficient (Wildman–Crippen LogP) is 4.36. The number of allylic oxidation sites excluding steroid dienone is 1. The molecule has 2 aromatic carbocycles. The average Bonchev–Trinajstić information content (AvgIpc) is 2.86. The monoisotopic (exact) mass is 364 g/mol. The zero-order chi connectivity index (χ0) is 19.3. The maximum absolute atomic E-state index is 12.2. The first-order valence-corrected chi connectivity index (χ1v) is 9.50. The van der Waals surface area contributed by atoms with E-state index in [1.54, 1.807) is 0 Å². The number of fused-ring (bicyclic) bond motifs is 1.